The van der Waals surface area contributed by atoms with E-state index in [1.54, 1.807) is 12.1 Å². The Kier molecular flexibility index (Phi) is 4.85. The second kappa shape index (κ2) is 5.93. The van der Waals surface area contributed by atoms with Gasteiger partial charge in [-0.2, -0.15) is 0 Å². The number of benzene rings is 1. The zero-order valence-electron chi connectivity index (χ0n) is 10.8. The Morgan fingerprint density at radius 3 is 2.12 bits per heavy atom. The highest BCUT2D eigenvalue weighted by Gasteiger charge is 2.24. The standard InChI is InChI=1S/C15H24O/c1-4-6-12-15(3,11-5-2)13-7-9-14(16)10-8-13/h7-10,16H,4-6,11-12H2,1-3H3/t15-/m1/s1. The van der Waals surface area contributed by atoms with Crippen LogP contribution in [0.1, 0.15) is 58.4 Å². The molecule has 0 unspecified atom stereocenters. The highest BCUT2D eigenvalue weighted by atomic mass is 16.3. The van der Waals surface area contributed by atoms with Crippen molar-refractivity contribution in [3.8, 4) is 5.75 Å². The van der Waals surface area contributed by atoms with Crippen LogP contribution in [0, 0.1) is 0 Å². The lowest BCUT2D eigenvalue weighted by molar-refractivity contribution is 0.382. The van der Waals surface area contributed by atoms with E-state index < -0.39 is 0 Å². The quantitative estimate of drug-likeness (QED) is 0.740. The fraction of sp³-hybridized carbons (Fsp3) is 0.600. The Balaban J connectivity index is 2.86. The summed E-state index contributed by atoms with van der Waals surface area (Å²) < 4.78 is 0. The Morgan fingerprint density at radius 2 is 1.62 bits per heavy atom. The molecule has 1 aromatic carbocycles. The summed E-state index contributed by atoms with van der Waals surface area (Å²) in [5.41, 5.74) is 1.64. The van der Waals surface area contributed by atoms with Crippen molar-refractivity contribution >= 4 is 0 Å². The average Bonchev–Trinajstić information content (AvgIpc) is 2.27. The van der Waals surface area contributed by atoms with Gasteiger partial charge < -0.3 is 5.11 Å². The molecule has 0 aliphatic carbocycles. The van der Waals surface area contributed by atoms with Gasteiger partial charge in [0.25, 0.3) is 0 Å². The fourth-order valence-corrected chi connectivity index (χ4v) is 2.40. The van der Waals surface area contributed by atoms with E-state index in [4.69, 9.17) is 0 Å². The van der Waals surface area contributed by atoms with Gasteiger partial charge >= 0.3 is 0 Å². The lowest BCUT2D eigenvalue weighted by atomic mass is 9.75. The van der Waals surface area contributed by atoms with Crippen LogP contribution in [0.4, 0.5) is 0 Å². The van der Waals surface area contributed by atoms with Crippen molar-refractivity contribution < 1.29 is 5.11 Å². The zero-order chi connectivity index (χ0) is 12.0. The summed E-state index contributed by atoms with van der Waals surface area (Å²) in [4.78, 5) is 0. The number of phenols is 1. The second-order valence-electron chi connectivity index (χ2n) is 4.96. The van der Waals surface area contributed by atoms with E-state index in [0.717, 1.165) is 0 Å². The van der Waals surface area contributed by atoms with Crippen LogP contribution in [0.25, 0.3) is 0 Å². The number of hydrogen-bond acceptors (Lipinski definition) is 1. The van der Waals surface area contributed by atoms with E-state index in [1.807, 2.05) is 0 Å². The maximum absolute atomic E-state index is 9.33. The van der Waals surface area contributed by atoms with Gasteiger partial charge in [-0.25, -0.2) is 0 Å². The van der Waals surface area contributed by atoms with Crippen molar-refractivity contribution in [2.75, 3.05) is 0 Å². The van der Waals surface area contributed by atoms with Crippen molar-refractivity contribution in [3.05, 3.63) is 29.8 Å². The van der Waals surface area contributed by atoms with Crippen LogP contribution < -0.4 is 0 Å². The highest BCUT2D eigenvalue weighted by molar-refractivity contribution is 5.31. The maximum atomic E-state index is 9.33. The van der Waals surface area contributed by atoms with Gasteiger partial charge in [0.15, 0.2) is 0 Å². The van der Waals surface area contributed by atoms with E-state index in [0.29, 0.717) is 5.75 Å². The third-order valence-corrected chi connectivity index (χ3v) is 3.45. The minimum Gasteiger partial charge on any atom is -0.508 e. The third-order valence-electron chi connectivity index (χ3n) is 3.45. The minimum atomic E-state index is 0.276. The molecule has 16 heavy (non-hydrogen) atoms. The SMILES string of the molecule is CCCC[C@@](C)(CCC)c1ccc(O)cc1. The number of hydrogen-bond donors (Lipinski definition) is 1. The van der Waals surface area contributed by atoms with E-state index in [1.165, 1.54) is 37.7 Å². The zero-order valence-corrected chi connectivity index (χ0v) is 10.8. The number of aromatic hydroxyl groups is 1. The summed E-state index contributed by atoms with van der Waals surface area (Å²) in [6.45, 7) is 6.83. The van der Waals surface area contributed by atoms with Gasteiger partial charge in [0.1, 0.15) is 5.75 Å². The third kappa shape index (κ3) is 3.26. The molecule has 0 heterocycles. The van der Waals surface area contributed by atoms with Gasteiger partial charge in [-0.3, -0.25) is 0 Å². The molecule has 1 atom stereocenters. The van der Waals surface area contributed by atoms with Crippen LogP contribution in [0.3, 0.4) is 0 Å². The summed E-state index contributed by atoms with van der Waals surface area (Å²) >= 11 is 0. The summed E-state index contributed by atoms with van der Waals surface area (Å²) in [6.07, 6.45) is 6.19. The van der Waals surface area contributed by atoms with E-state index in [9.17, 15) is 5.11 Å². The Hall–Kier alpha value is -0.980. The lowest BCUT2D eigenvalue weighted by Crippen LogP contribution is -2.21. The second-order valence-corrected chi connectivity index (χ2v) is 4.96. The van der Waals surface area contributed by atoms with E-state index in [2.05, 4.69) is 32.9 Å². The van der Waals surface area contributed by atoms with Gasteiger partial charge in [-0.15, -0.1) is 0 Å². The monoisotopic (exact) mass is 220 g/mol. The topological polar surface area (TPSA) is 20.2 Å². The number of phenolic OH excluding ortho intramolecular Hbond substituents is 1. The number of unbranched alkanes of at least 4 members (excludes halogenated alkanes) is 1. The molecule has 0 aliphatic heterocycles. The first-order chi connectivity index (χ1) is 7.62. The van der Waals surface area contributed by atoms with Crippen molar-refractivity contribution in [1.82, 2.24) is 0 Å². The Morgan fingerprint density at radius 1 is 1.00 bits per heavy atom. The molecule has 0 aromatic heterocycles. The van der Waals surface area contributed by atoms with Gasteiger partial charge in [0.05, 0.1) is 0 Å². The lowest BCUT2D eigenvalue weighted by Gasteiger charge is -2.30. The molecule has 1 rings (SSSR count). The van der Waals surface area contributed by atoms with Crippen LogP contribution >= 0.6 is 0 Å². The molecule has 1 nitrogen and oxygen atoms in total. The van der Waals surface area contributed by atoms with E-state index in [-0.39, 0.29) is 5.41 Å². The average molecular weight is 220 g/mol. The number of rotatable bonds is 6. The first-order valence-corrected chi connectivity index (χ1v) is 6.42. The summed E-state index contributed by atoms with van der Waals surface area (Å²) in [5.74, 6) is 0.359. The van der Waals surface area contributed by atoms with Crippen LogP contribution in [0.15, 0.2) is 24.3 Å². The first kappa shape index (κ1) is 13.1. The molecule has 0 bridgehead atoms. The molecule has 0 radical (unpaired) electrons. The Bertz CT molecular complexity index is 302. The van der Waals surface area contributed by atoms with Gasteiger partial charge in [0, 0.05) is 0 Å². The van der Waals surface area contributed by atoms with Gasteiger partial charge in [-0.1, -0.05) is 52.2 Å². The van der Waals surface area contributed by atoms with Crippen molar-refractivity contribution in [1.29, 1.82) is 0 Å². The summed E-state index contributed by atoms with van der Waals surface area (Å²) in [5, 5.41) is 9.33. The van der Waals surface area contributed by atoms with Crippen LogP contribution in [0.5, 0.6) is 5.75 Å². The normalized spacial score (nSPS) is 14.7. The van der Waals surface area contributed by atoms with Crippen LogP contribution in [0.2, 0.25) is 0 Å². The first-order valence-electron chi connectivity index (χ1n) is 6.42. The molecular weight excluding hydrogens is 196 g/mol. The predicted octanol–water partition coefficient (Wildman–Crippen LogP) is 4.64. The molecule has 1 heteroatoms. The van der Waals surface area contributed by atoms with E-state index >= 15 is 0 Å². The van der Waals surface area contributed by atoms with Crippen molar-refractivity contribution in [2.45, 2.75) is 58.3 Å². The smallest absolute Gasteiger partial charge is 0.115 e. The summed E-state index contributed by atoms with van der Waals surface area (Å²) in [7, 11) is 0. The highest BCUT2D eigenvalue weighted by Crippen LogP contribution is 2.34. The molecule has 0 amide bonds. The molecule has 1 N–H and O–H groups in total. The van der Waals surface area contributed by atoms with Crippen molar-refractivity contribution in [3.63, 3.8) is 0 Å². The molecule has 0 saturated carbocycles. The molecular formula is C15H24O. The molecule has 1 aromatic rings. The van der Waals surface area contributed by atoms with Gasteiger partial charge in [0.2, 0.25) is 0 Å². The molecule has 90 valence electrons. The Labute approximate surface area is 99.5 Å². The maximum Gasteiger partial charge on any atom is 0.115 e. The van der Waals surface area contributed by atoms with Gasteiger partial charge in [-0.05, 0) is 36.0 Å². The molecule has 0 spiro atoms. The minimum absolute atomic E-state index is 0.276. The molecule has 0 saturated heterocycles. The van der Waals surface area contributed by atoms with Crippen molar-refractivity contribution in [2.24, 2.45) is 0 Å². The predicted molar refractivity (Wildman–Crippen MR) is 69.9 cm³/mol. The molecule has 0 aliphatic rings. The molecule has 0 fully saturated rings. The largest absolute Gasteiger partial charge is 0.508 e. The summed E-state index contributed by atoms with van der Waals surface area (Å²) in [6, 6.07) is 7.74. The van der Waals surface area contributed by atoms with Crippen LogP contribution in [-0.2, 0) is 5.41 Å². The fourth-order valence-electron chi connectivity index (χ4n) is 2.40. The van der Waals surface area contributed by atoms with Crippen LogP contribution in [-0.4, -0.2) is 5.11 Å².